The molecule has 1 fully saturated rings. The molecular weight excluding hydrogens is 230 g/mol. The van der Waals surface area contributed by atoms with Crippen LogP contribution in [0.3, 0.4) is 0 Å². The second-order valence-electron chi connectivity index (χ2n) is 4.02. The Morgan fingerprint density at radius 2 is 1.56 bits per heavy atom. The van der Waals surface area contributed by atoms with Crippen LogP contribution in [0.4, 0.5) is 0 Å². The van der Waals surface area contributed by atoms with Gasteiger partial charge in [0.1, 0.15) is 6.29 Å². The number of phenolic OH excluding ortho intramolecular Hbond substituents is 2. The van der Waals surface area contributed by atoms with E-state index < -0.39 is 0 Å². The fraction of sp³-hybridized carbons (Fsp3) is 0.214. The zero-order valence-electron chi connectivity index (χ0n) is 10.1. The highest BCUT2D eigenvalue weighted by molar-refractivity contribution is 5.64. The van der Waals surface area contributed by atoms with E-state index in [1.54, 1.807) is 12.1 Å². The number of carbonyl (C=O) groups is 1. The summed E-state index contributed by atoms with van der Waals surface area (Å²) < 4.78 is 0. The lowest BCUT2D eigenvalue weighted by molar-refractivity contribution is -0.109. The van der Waals surface area contributed by atoms with Crippen LogP contribution in [-0.4, -0.2) is 29.6 Å². The number of benzene rings is 1. The molecule has 0 atom stereocenters. The molecule has 0 radical (unpaired) electrons. The summed E-state index contributed by atoms with van der Waals surface area (Å²) in [5.74, 6) is -0.263. The van der Waals surface area contributed by atoms with Gasteiger partial charge in [-0.05, 0) is 23.3 Å². The third-order valence-corrected chi connectivity index (χ3v) is 2.60. The van der Waals surface area contributed by atoms with Gasteiger partial charge in [0.15, 0.2) is 11.5 Å². The van der Waals surface area contributed by atoms with E-state index in [0.29, 0.717) is 0 Å². The first-order valence-electron chi connectivity index (χ1n) is 5.54. The average Bonchev–Trinajstić information content (AvgIpc) is 2.34. The molecule has 1 aliphatic heterocycles. The summed E-state index contributed by atoms with van der Waals surface area (Å²) in [6.45, 7) is 9.00. The van der Waals surface area contributed by atoms with Crippen LogP contribution in [0.15, 0.2) is 48.6 Å². The highest BCUT2D eigenvalue weighted by Gasteiger charge is 2.18. The van der Waals surface area contributed by atoms with Gasteiger partial charge in [-0.3, -0.25) is 0 Å². The molecule has 0 spiro atoms. The molecule has 1 aromatic rings. The lowest BCUT2D eigenvalue weighted by Gasteiger charge is -2.22. The van der Waals surface area contributed by atoms with Crippen molar-refractivity contribution >= 4 is 6.29 Å². The molecule has 1 heterocycles. The number of piperidine rings is 1. The number of para-hydroxylation sites is 2. The van der Waals surface area contributed by atoms with E-state index in [2.05, 4.69) is 18.5 Å². The Labute approximate surface area is 106 Å². The second kappa shape index (κ2) is 6.61. The number of phenols is 2. The number of hydrogen-bond donors (Lipinski definition) is 3. The summed E-state index contributed by atoms with van der Waals surface area (Å²) in [7, 11) is 0. The van der Waals surface area contributed by atoms with Crippen LogP contribution < -0.4 is 5.32 Å². The molecular formula is C14H17NO3. The first-order valence-corrected chi connectivity index (χ1v) is 5.54. The van der Waals surface area contributed by atoms with Crippen molar-refractivity contribution in [3.8, 4) is 11.5 Å². The van der Waals surface area contributed by atoms with Gasteiger partial charge >= 0.3 is 0 Å². The fourth-order valence-corrected chi connectivity index (χ4v) is 1.55. The third-order valence-electron chi connectivity index (χ3n) is 2.60. The molecule has 4 nitrogen and oxygen atoms in total. The molecule has 0 aromatic heterocycles. The summed E-state index contributed by atoms with van der Waals surface area (Å²) in [4.78, 5) is 10.4. The molecule has 0 saturated carbocycles. The van der Waals surface area contributed by atoms with Gasteiger partial charge in [-0.25, -0.2) is 0 Å². The number of hydrogen-bond acceptors (Lipinski definition) is 4. The number of carbonyl (C=O) groups excluding carboxylic acids is 1. The van der Waals surface area contributed by atoms with Gasteiger partial charge in [0.2, 0.25) is 0 Å². The quantitative estimate of drug-likeness (QED) is 0.400. The van der Waals surface area contributed by atoms with Crippen LogP contribution in [0.5, 0.6) is 11.5 Å². The van der Waals surface area contributed by atoms with Crippen LogP contribution in [0.2, 0.25) is 0 Å². The molecule has 96 valence electrons. The van der Waals surface area contributed by atoms with E-state index >= 15 is 0 Å². The van der Waals surface area contributed by atoms with Crippen molar-refractivity contribution in [3.05, 3.63) is 48.6 Å². The molecule has 0 aliphatic carbocycles. The van der Waals surface area contributed by atoms with Gasteiger partial charge in [0.25, 0.3) is 0 Å². The maximum absolute atomic E-state index is 10.4. The van der Waals surface area contributed by atoms with Crippen LogP contribution in [0.1, 0.15) is 0 Å². The van der Waals surface area contributed by atoms with Crippen molar-refractivity contribution < 1.29 is 15.0 Å². The molecule has 4 heteroatoms. The highest BCUT2D eigenvalue weighted by atomic mass is 16.3. The summed E-state index contributed by atoms with van der Waals surface area (Å²) in [6, 6.07) is 6.15. The topological polar surface area (TPSA) is 69.6 Å². The van der Waals surface area contributed by atoms with Crippen molar-refractivity contribution in [1.82, 2.24) is 5.32 Å². The van der Waals surface area contributed by atoms with E-state index in [1.807, 2.05) is 0 Å². The first kappa shape index (κ1) is 14.0. The van der Waals surface area contributed by atoms with Gasteiger partial charge in [-0.15, -0.1) is 0 Å². The third kappa shape index (κ3) is 3.75. The Kier molecular flexibility index (Phi) is 5.14. The van der Waals surface area contributed by atoms with E-state index in [1.165, 1.54) is 12.1 Å². The molecule has 18 heavy (non-hydrogen) atoms. The molecule has 0 unspecified atom stereocenters. The Hall–Kier alpha value is -2.07. The zero-order chi connectivity index (χ0) is 13.5. The van der Waals surface area contributed by atoms with Crippen LogP contribution in [-0.2, 0) is 4.79 Å². The number of nitrogens with one attached hydrogen (secondary N) is 1. The van der Waals surface area contributed by atoms with Crippen LogP contribution in [0, 0.1) is 5.92 Å². The molecule has 1 aliphatic rings. The number of rotatable bonds is 1. The standard InChI is InChI=1S/C8H11NO.C6H6O2/c1-6-3-9-4-7(2)8(6)5-10;7-5-3-1-2-4-6(5)8/h5,8-9H,1-4H2;1-4,7-8H. The van der Waals surface area contributed by atoms with Crippen molar-refractivity contribution in [2.75, 3.05) is 13.1 Å². The minimum absolute atomic E-state index is 0.0764. The zero-order valence-corrected chi connectivity index (χ0v) is 10.1. The largest absolute Gasteiger partial charge is 0.504 e. The summed E-state index contributed by atoms with van der Waals surface area (Å²) in [6.07, 6.45) is 0.908. The summed E-state index contributed by atoms with van der Waals surface area (Å²) in [5, 5.41) is 20.4. The SMILES string of the molecule is C=C1CNCC(=C)C1C=O.Oc1ccccc1O. The molecule has 0 amide bonds. The molecule has 3 N–H and O–H groups in total. The maximum Gasteiger partial charge on any atom is 0.157 e. The molecule has 0 bridgehead atoms. The van der Waals surface area contributed by atoms with E-state index in [0.717, 1.165) is 30.5 Å². The minimum Gasteiger partial charge on any atom is -0.504 e. The maximum atomic E-state index is 10.4. The summed E-state index contributed by atoms with van der Waals surface area (Å²) in [5.41, 5.74) is 1.84. The Morgan fingerprint density at radius 1 is 1.11 bits per heavy atom. The fourth-order valence-electron chi connectivity index (χ4n) is 1.55. The predicted octanol–water partition coefficient (Wildman–Crippen LogP) is 1.61. The average molecular weight is 247 g/mol. The van der Waals surface area contributed by atoms with Crippen LogP contribution in [0.25, 0.3) is 0 Å². The molecule has 2 rings (SSSR count). The minimum atomic E-state index is -0.110. The number of aldehydes is 1. The monoisotopic (exact) mass is 247 g/mol. The highest BCUT2D eigenvalue weighted by Crippen LogP contribution is 2.21. The van der Waals surface area contributed by atoms with Gasteiger partial charge in [-0.2, -0.15) is 0 Å². The van der Waals surface area contributed by atoms with Crippen molar-refractivity contribution in [2.24, 2.45) is 5.92 Å². The van der Waals surface area contributed by atoms with E-state index in [9.17, 15) is 4.79 Å². The smallest absolute Gasteiger partial charge is 0.157 e. The normalized spacial score (nSPS) is 15.8. The van der Waals surface area contributed by atoms with Crippen LogP contribution >= 0.6 is 0 Å². The van der Waals surface area contributed by atoms with Crippen molar-refractivity contribution in [3.63, 3.8) is 0 Å². The van der Waals surface area contributed by atoms with E-state index in [-0.39, 0.29) is 17.4 Å². The Morgan fingerprint density at radius 3 is 1.83 bits per heavy atom. The van der Waals surface area contributed by atoms with Gasteiger partial charge in [0, 0.05) is 13.1 Å². The lowest BCUT2D eigenvalue weighted by Crippen LogP contribution is -2.32. The van der Waals surface area contributed by atoms with Crippen molar-refractivity contribution in [2.45, 2.75) is 0 Å². The van der Waals surface area contributed by atoms with Gasteiger partial charge in [0.05, 0.1) is 5.92 Å². The second-order valence-corrected chi connectivity index (χ2v) is 4.02. The predicted molar refractivity (Wildman–Crippen MR) is 70.5 cm³/mol. The van der Waals surface area contributed by atoms with E-state index in [4.69, 9.17) is 10.2 Å². The van der Waals surface area contributed by atoms with Gasteiger partial charge < -0.3 is 20.3 Å². The summed E-state index contributed by atoms with van der Waals surface area (Å²) >= 11 is 0. The lowest BCUT2D eigenvalue weighted by atomic mass is 9.91. The van der Waals surface area contributed by atoms with Gasteiger partial charge in [-0.1, -0.05) is 25.3 Å². The van der Waals surface area contributed by atoms with Crippen molar-refractivity contribution in [1.29, 1.82) is 0 Å². The Bertz CT molecular complexity index is 417. The molecule has 1 aromatic carbocycles. The molecule has 1 saturated heterocycles. The first-order chi connectivity index (χ1) is 8.56. The Balaban J connectivity index is 0.000000184. The number of aromatic hydroxyl groups is 2.